The number of carbonyl (C=O) groups excluding carboxylic acids is 1. The zero-order chi connectivity index (χ0) is 9.97. The van der Waals surface area contributed by atoms with Crippen molar-refractivity contribution in [2.24, 2.45) is 0 Å². The summed E-state index contributed by atoms with van der Waals surface area (Å²) >= 11 is 5.69. The largest absolute Gasteiger partial charge is 0.356 e. The van der Waals surface area contributed by atoms with E-state index in [1.165, 1.54) is 0 Å². The van der Waals surface area contributed by atoms with Crippen molar-refractivity contribution in [2.45, 2.75) is 18.8 Å². The first-order valence-electron chi connectivity index (χ1n) is 4.64. The van der Waals surface area contributed by atoms with Crippen LogP contribution >= 0.6 is 11.6 Å². The van der Waals surface area contributed by atoms with Crippen molar-refractivity contribution in [1.82, 2.24) is 10.3 Å². The number of pyridine rings is 1. The van der Waals surface area contributed by atoms with Gasteiger partial charge >= 0.3 is 0 Å². The Bertz CT molecular complexity index is 336. The Morgan fingerprint density at radius 2 is 2.36 bits per heavy atom. The third-order valence-corrected chi connectivity index (χ3v) is 2.69. The van der Waals surface area contributed by atoms with Gasteiger partial charge in [-0.05, 0) is 24.0 Å². The summed E-state index contributed by atoms with van der Waals surface area (Å²) in [6, 6.07) is 3.71. The summed E-state index contributed by atoms with van der Waals surface area (Å²) in [5.74, 6) is 0.421. The molecule has 1 aliphatic heterocycles. The second kappa shape index (κ2) is 3.96. The number of hydrogen-bond donors (Lipinski definition) is 1. The van der Waals surface area contributed by atoms with Crippen LogP contribution in [0.15, 0.2) is 18.3 Å². The van der Waals surface area contributed by atoms with E-state index in [1.54, 1.807) is 12.3 Å². The molecule has 0 aliphatic carbocycles. The van der Waals surface area contributed by atoms with Crippen molar-refractivity contribution >= 4 is 17.5 Å². The molecule has 14 heavy (non-hydrogen) atoms. The lowest BCUT2D eigenvalue weighted by Gasteiger charge is -2.21. The quantitative estimate of drug-likeness (QED) is 0.718. The fraction of sp³-hybridized carbons (Fsp3) is 0.400. The van der Waals surface area contributed by atoms with Crippen molar-refractivity contribution in [1.29, 1.82) is 0 Å². The molecule has 1 unspecified atom stereocenters. The molecular formula is C10H11ClN2O. The van der Waals surface area contributed by atoms with Gasteiger partial charge in [-0.15, -0.1) is 0 Å². The standard InChI is InChI=1S/C10H11ClN2O/c11-9-2-1-8(6-13-9)7-3-4-12-10(14)5-7/h1-2,6-7H,3-5H2,(H,12,14). The summed E-state index contributed by atoms with van der Waals surface area (Å²) in [5.41, 5.74) is 1.10. The number of hydrogen-bond acceptors (Lipinski definition) is 2. The number of amides is 1. The SMILES string of the molecule is O=C1CC(c2ccc(Cl)nc2)CCN1. The van der Waals surface area contributed by atoms with Crippen LogP contribution in [0.25, 0.3) is 0 Å². The van der Waals surface area contributed by atoms with Crippen LogP contribution in [0.2, 0.25) is 5.15 Å². The molecule has 3 nitrogen and oxygen atoms in total. The zero-order valence-electron chi connectivity index (χ0n) is 7.66. The molecule has 1 aliphatic rings. The minimum atomic E-state index is 0.121. The Morgan fingerprint density at radius 3 is 3.00 bits per heavy atom. The van der Waals surface area contributed by atoms with Gasteiger partial charge in [0.05, 0.1) is 0 Å². The minimum absolute atomic E-state index is 0.121. The molecule has 0 bridgehead atoms. The van der Waals surface area contributed by atoms with Gasteiger partial charge in [0, 0.05) is 19.2 Å². The van der Waals surface area contributed by atoms with Crippen molar-refractivity contribution in [2.75, 3.05) is 6.54 Å². The summed E-state index contributed by atoms with van der Waals surface area (Å²) in [7, 11) is 0. The topological polar surface area (TPSA) is 42.0 Å². The Kier molecular flexibility index (Phi) is 2.68. The van der Waals surface area contributed by atoms with E-state index in [4.69, 9.17) is 11.6 Å². The fourth-order valence-corrected chi connectivity index (χ4v) is 1.81. The van der Waals surface area contributed by atoms with Gasteiger partial charge in [-0.25, -0.2) is 4.98 Å². The maximum Gasteiger partial charge on any atom is 0.220 e. The van der Waals surface area contributed by atoms with E-state index < -0.39 is 0 Å². The number of aromatic nitrogens is 1. The van der Waals surface area contributed by atoms with Crippen molar-refractivity contribution in [3.63, 3.8) is 0 Å². The highest BCUT2D eigenvalue weighted by atomic mass is 35.5. The van der Waals surface area contributed by atoms with E-state index in [2.05, 4.69) is 10.3 Å². The van der Waals surface area contributed by atoms with E-state index in [0.29, 0.717) is 17.5 Å². The zero-order valence-corrected chi connectivity index (χ0v) is 8.42. The molecule has 2 heterocycles. The van der Waals surface area contributed by atoms with Crippen molar-refractivity contribution < 1.29 is 4.79 Å². The van der Waals surface area contributed by atoms with Gasteiger partial charge in [0.25, 0.3) is 0 Å². The lowest BCUT2D eigenvalue weighted by atomic mass is 9.91. The first-order chi connectivity index (χ1) is 6.75. The highest BCUT2D eigenvalue weighted by Crippen LogP contribution is 2.25. The average molecular weight is 211 g/mol. The maximum atomic E-state index is 11.2. The molecule has 2 rings (SSSR count). The van der Waals surface area contributed by atoms with E-state index >= 15 is 0 Å². The van der Waals surface area contributed by atoms with E-state index in [1.807, 2.05) is 6.07 Å². The highest BCUT2D eigenvalue weighted by Gasteiger charge is 2.20. The first kappa shape index (κ1) is 9.46. The number of carbonyl (C=O) groups is 1. The van der Waals surface area contributed by atoms with Crippen molar-refractivity contribution in [3.8, 4) is 0 Å². The predicted octanol–water partition coefficient (Wildman–Crippen LogP) is 1.73. The first-order valence-corrected chi connectivity index (χ1v) is 5.01. The van der Waals surface area contributed by atoms with E-state index in [-0.39, 0.29) is 5.91 Å². The number of halogens is 1. The van der Waals surface area contributed by atoms with Crippen LogP contribution in [0.4, 0.5) is 0 Å². The third kappa shape index (κ3) is 2.04. The molecule has 4 heteroatoms. The molecule has 1 saturated heterocycles. The van der Waals surface area contributed by atoms with Crippen molar-refractivity contribution in [3.05, 3.63) is 29.0 Å². The Labute approximate surface area is 87.5 Å². The van der Waals surface area contributed by atoms with Crippen LogP contribution < -0.4 is 5.32 Å². The Balaban J connectivity index is 2.14. The summed E-state index contributed by atoms with van der Waals surface area (Å²) < 4.78 is 0. The minimum Gasteiger partial charge on any atom is -0.356 e. The van der Waals surface area contributed by atoms with Gasteiger partial charge in [0.1, 0.15) is 5.15 Å². The van der Waals surface area contributed by atoms with Gasteiger partial charge in [-0.3, -0.25) is 4.79 Å². The lowest BCUT2D eigenvalue weighted by molar-refractivity contribution is -0.122. The molecule has 0 saturated carbocycles. The molecular weight excluding hydrogens is 200 g/mol. The van der Waals surface area contributed by atoms with Crippen LogP contribution in [-0.4, -0.2) is 17.4 Å². The van der Waals surface area contributed by atoms with E-state index in [0.717, 1.165) is 18.5 Å². The van der Waals surface area contributed by atoms with Gasteiger partial charge in [-0.1, -0.05) is 17.7 Å². The lowest BCUT2D eigenvalue weighted by Crippen LogP contribution is -2.32. The van der Waals surface area contributed by atoms with Gasteiger partial charge in [0.15, 0.2) is 0 Å². The summed E-state index contributed by atoms with van der Waals surface area (Å²) in [6.07, 6.45) is 3.30. The molecule has 1 atom stereocenters. The van der Waals surface area contributed by atoms with Crippen LogP contribution in [0.3, 0.4) is 0 Å². The molecule has 1 fully saturated rings. The Hall–Kier alpha value is -1.09. The second-order valence-corrected chi connectivity index (χ2v) is 3.84. The average Bonchev–Trinajstić information content (AvgIpc) is 2.19. The number of piperidine rings is 1. The molecule has 1 aromatic rings. The predicted molar refractivity (Wildman–Crippen MR) is 54.2 cm³/mol. The molecule has 0 spiro atoms. The van der Waals surface area contributed by atoms with Crippen LogP contribution in [0.5, 0.6) is 0 Å². The number of nitrogens with zero attached hydrogens (tertiary/aromatic N) is 1. The molecule has 0 aromatic carbocycles. The van der Waals surface area contributed by atoms with Crippen LogP contribution in [0, 0.1) is 0 Å². The highest BCUT2D eigenvalue weighted by molar-refractivity contribution is 6.29. The Morgan fingerprint density at radius 1 is 1.50 bits per heavy atom. The van der Waals surface area contributed by atoms with E-state index in [9.17, 15) is 4.79 Å². The maximum absolute atomic E-state index is 11.2. The van der Waals surface area contributed by atoms with Gasteiger partial charge in [0.2, 0.25) is 5.91 Å². The van der Waals surface area contributed by atoms with Gasteiger partial charge in [-0.2, -0.15) is 0 Å². The molecule has 1 aromatic heterocycles. The summed E-state index contributed by atoms with van der Waals surface area (Å²) in [6.45, 7) is 0.756. The smallest absolute Gasteiger partial charge is 0.220 e. The number of rotatable bonds is 1. The fourth-order valence-electron chi connectivity index (χ4n) is 1.70. The van der Waals surface area contributed by atoms with Crippen LogP contribution in [-0.2, 0) is 4.79 Å². The number of nitrogens with one attached hydrogen (secondary N) is 1. The molecule has 74 valence electrons. The molecule has 1 amide bonds. The third-order valence-electron chi connectivity index (χ3n) is 2.47. The molecule has 0 radical (unpaired) electrons. The summed E-state index contributed by atoms with van der Waals surface area (Å²) in [5, 5.41) is 3.30. The summed E-state index contributed by atoms with van der Waals surface area (Å²) in [4.78, 5) is 15.2. The molecule has 1 N–H and O–H groups in total. The van der Waals surface area contributed by atoms with Gasteiger partial charge < -0.3 is 5.32 Å². The van der Waals surface area contributed by atoms with Crippen LogP contribution in [0.1, 0.15) is 24.3 Å². The normalized spacial score (nSPS) is 21.8. The monoisotopic (exact) mass is 210 g/mol. The second-order valence-electron chi connectivity index (χ2n) is 3.45.